The number of morpholine rings is 1. The van der Waals surface area contributed by atoms with Crippen molar-refractivity contribution in [2.75, 3.05) is 50.2 Å². The number of para-hydroxylation sites is 1. The molecule has 3 aromatic rings. The van der Waals surface area contributed by atoms with E-state index in [1.165, 1.54) is 4.90 Å². The number of pyridine rings is 1. The molecule has 9 nitrogen and oxygen atoms in total. The molecule has 3 heterocycles. The summed E-state index contributed by atoms with van der Waals surface area (Å²) in [5, 5.41) is 3.26. The lowest BCUT2D eigenvalue weighted by Crippen LogP contribution is -2.40. The van der Waals surface area contributed by atoms with Crippen molar-refractivity contribution in [2.24, 2.45) is 0 Å². The maximum atomic E-state index is 12.9. The molecular formula is C26H26N4O5. The summed E-state index contributed by atoms with van der Waals surface area (Å²) >= 11 is 0. The Morgan fingerprint density at radius 2 is 1.91 bits per heavy atom. The molecule has 5 rings (SSSR count). The highest BCUT2D eigenvalue weighted by molar-refractivity contribution is 6.09. The van der Waals surface area contributed by atoms with E-state index in [4.69, 9.17) is 14.2 Å². The molecule has 2 aliphatic rings. The summed E-state index contributed by atoms with van der Waals surface area (Å²) in [7, 11) is 1.69. The minimum atomic E-state index is -0.166. The Hall–Kier alpha value is -4.11. The number of nitrogens with zero attached hydrogens (tertiary/aromatic N) is 3. The molecule has 0 aliphatic carbocycles. The predicted octanol–water partition coefficient (Wildman–Crippen LogP) is 4.08. The van der Waals surface area contributed by atoms with Gasteiger partial charge in [0.2, 0.25) is 0 Å². The summed E-state index contributed by atoms with van der Waals surface area (Å²) in [4.78, 5) is 33.5. The molecule has 0 atom stereocenters. The summed E-state index contributed by atoms with van der Waals surface area (Å²) in [6.07, 6.45) is 1.60. The fraction of sp³-hybridized carbons (Fsp3) is 0.269. The SMILES string of the molecule is CCOc1cc(C(=O)N2CCOCC2)ccc1Nc1cc2c(cn1)N(C)C(=O)c1ccccc1O2. The first-order valence-electron chi connectivity index (χ1n) is 11.5. The smallest absolute Gasteiger partial charge is 0.261 e. The highest BCUT2D eigenvalue weighted by atomic mass is 16.5. The molecule has 2 aromatic carbocycles. The van der Waals surface area contributed by atoms with Crippen molar-refractivity contribution in [1.29, 1.82) is 0 Å². The molecule has 0 radical (unpaired) electrons. The summed E-state index contributed by atoms with van der Waals surface area (Å²) in [6.45, 7) is 4.55. The second kappa shape index (κ2) is 9.63. The molecule has 2 amide bonds. The van der Waals surface area contributed by atoms with Crippen molar-refractivity contribution >= 4 is 29.0 Å². The third-order valence-corrected chi connectivity index (χ3v) is 5.94. The second-order valence-corrected chi connectivity index (χ2v) is 8.17. The number of fused-ring (bicyclic) bond motifs is 2. The van der Waals surface area contributed by atoms with Crippen LogP contribution in [0.1, 0.15) is 27.6 Å². The number of hydrogen-bond acceptors (Lipinski definition) is 7. The van der Waals surface area contributed by atoms with Gasteiger partial charge in [-0.05, 0) is 37.3 Å². The van der Waals surface area contributed by atoms with Crippen molar-refractivity contribution in [3.05, 3.63) is 65.9 Å². The third-order valence-electron chi connectivity index (χ3n) is 5.94. The van der Waals surface area contributed by atoms with E-state index in [1.54, 1.807) is 60.6 Å². The van der Waals surface area contributed by atoms with E-state index in [-0.39, 0.29) is 11.8 Å². The van der Waals surface area contributed by atoms with Crippen LogP contribution in [0.3, 0.4) is 0 Å². The van der Waals surface area contributed by atoms with Crippen LogP contribution >= 0.6 is 0 Å². The number of aromatic nitrogens is 1. The average Bonchev–Trinajstić information content (AvgIpc) is 2.99. The van der Waals surface area contributed by atoms with Gasteiger partial charge in [-0.15, -0.1) is 0 Å². The van der Waals surface area contributed by atoms with Crippen molar-refractivity contribution < 1.29 is 23.8 Å². The van der Waals surface area contributed by atoms with E-state index in [2.05, 4.69) is 10.3 Å². The summed E-state index contributed by atoms with van der Waals surface area (Å²) in [5.41, 5.74) is 2.26. The van der Waals surface area contributed by atoms with Crippen LogP contribution in [0.25, 0.3) is 0 Å². The van der Waals surface area contributed by atoms with E-state index in [1.807, 2.05) is 13.0 Å². The molecular weight excluding hydrogens is 448 g/mol. The lowest BCUT2D eigenvalue weighted by atomic mass is 10.1. The average molecular weight is 475 g/mol. The van der Waals surface area contributed by atoms with Gasteiger partial charge in [-0.25, -0.2) is 4.98 Å². The van der Waals surface area contributed by atoms with Crippen LogP contribution in [0.5, 0.6) is 17.2 Å². The van der Waals surface area contributed by atoms with Gasteiger partial charge in [-0.3, -0.25) is 9.59 Å². The number of hydrogen-bond donors (Lipinski definition) is 1. The summed E-state index contributed by atoms with van der Waals surface area (Å²) in [6, 6.07) is 14.2. The maximum absolute atomic E-state index is 12.9. The fourth-order valence-electron chi connectivity index (χ4n) is 4.09. The van der Waals surface area contributed by atoms with Crippen LogP contribution in [0.4, 0.5) is 17.2 Å². The highest BCUT2D eigenvalue weighted by Gasteiger charge is 2.26. The van der Waals surface area contributed by atoms with E-state index in [0.717, 1.165) is 0 Å². The van der Waals surface area contributed by atoms with Crippen LogP contribution in [0, 0.1) is 0 Å². The third kappa shape index (κ3) is 4.50. The monoisotopic (exact) mass is 474 g/mol. The first kappa shape index (κ1) is 22.7. The minimum absolute atomic E-state index is 0.0521. The van der Waals surface area contributed by atoms with Gasteiger partial charge in [0.1, 0.15) is 23.0 Å². The number of carbonyl (C=O) groups is 2. The Kier molecular flexibility index (Phi) is 6.24. The van der Waals surface area contributed by atoms with E-state index in [9.17, 15) is 9.59 Å². The van der Waals surface area contributed by atoms with Gasteiger partial charge in [0.25, 0.3) is 11.8 Å². The van der Waals surface area contributed by atoms with Gasteiger partial charge in [0, 0.05) is 31.8 Å². The van der Waals surface area contributed by atoms with Crippen molar-refractivity contribution in [3.8, 4) is 17.2 Å². The maximum Gasteiger partial charge on any atom is 0.261 e. The van der Waals surface area contributed by atoms with Crippen molar-refractivity contribution in [3.63, 3.8) is 0 Å². The molecule has 0 spiro atoms. The number of carbonyl (C=O) groups excluding carboxylic acids is 2. The Labute approximate surface area is 203 Å². The van der Waals surface area contributed by atoms with Crippen molar-refractivity contribution in [1.82, 2.24) is 9.88 Å². The van der Waals surface area contributed by atoms with Gasteiger partial charge >= 0.3 is 0 Å². The molecule has 9 heteroatoms. The lowest BCUT2D eigenvalue weighted by molar-refractivity contribution is 0.0302. The molecule has 0 saturated carbocycles. The zero-order chi connectivity index (χ0) is 24.4. The number of rotatable bonds is 5. The van der Waals surface area contributed by atoms with E-state index < -0.39 is 0 Å². The number of benzene rings is 2. The molecule has 1 N–H and O–H groups in total. The largest absolute Gasteiger partial charge is 0.492 e. The number of anilines is 3. The number of nitrogens with one attached hydrogen (secondary N) is 1. The first-order chi connectivity index (χ1) is 17.0. The van der Waals surface area contributed by atoms with Crippen LogP contribution < -0.4 is 19.7 Å². The van der Waals surface area contributed by atoms with E-state index in [0.29, 0.717) is 78.5 Å². The first-order valence-corrected chi connectivity index (χ1v) is 11.5. The van der Waals surface area contributed by atoms with Crippen LogP contribution in [0.15, 0.2) is 54.7 Å². The normalized spacial score (nSPS) is 15.0. The topological polar surface area (TPSA) is 93.2 Å². The highest BCUT2D eigenvalue weighted by Crippen LogP contribution is 2.40. The molecule has 0 bridgehead atoms. The van der Waals surface area contributed by atoms with Gasteiger partial charge in [0.05, 0.1) is 37.3 Å². The molecule has 0 unspecified atom stereocenters. The Morgan fingerprint density at radius 1 is 1.11 bits per heavy atom. The fourth-order valence-corrected chi connectivity index (χ4v) is 4.09. The van der Waals surface area contributed by atoms with Crippen LogP contribution in [0.2, 0.25) is 0 Å². The van der Waals surface area contributed by atoms with Gasteiger partial charge in [-0.2, -0.15) is 0 Å². The minimum Gasteiger partial charge on any atom is -0.492 e. The van der Waals surface area contributed by atoms with Gasteiger partial charge in [0.15, 0.2) is 5.75 Å². The van der Waals surface area contributed by atoms with E-state index >= 15 is 0 Å². The summed E-state index contributed by atoms with van der Waals surface area (Å²) in [5.74, 6) is 1.82. The molecule has 1 aromatic heterocycles. The Bertz CT molecular complexity index is 1270. The molecule has 2 aliphatic heterocycles. The quantitative estimate of drug-likeness (QED) is 0.596. The molecule has 1 saturated heterocycles. The Morgan fingerprint density at radius 3 is 2.71 bits per heavy atom. The Balaban J connectivity index is 1.43. The van der Waals surface area contributed by atoms with Crippen LogP contribution in [-0.4, -0.2) is 61.7 Å². The van der Waals surface area contributed by atoms with Crippen molar-refractivity contribution in [2.45, 2.75) is 6.92 Å². The van der Waals surface area contributed by atoms with Gasteiger partial charge in [-0.1, -0.05) is 12.1 Å². The number of ether oxygens (including phenoxy) is 3. The lowest BCUT2D eigenvalue weighted by Gasteiger charge is -2.27. The second-order valence-electron chi connectivity index (χ2n) is 8.17. The molecule has 1 fully saturated rings. The molecule has 35 heavy (non-hydrogen) atoms. The standard InChI is InChI=1S/C26H26N4O5/c1-3-34-22-14-17(25(31)30-10-12-33-13-11-30)8-9-19(22)28-24-15-23-20(16-27-24)29(2)26(32)18-6-4-5-7-21(18)35-23/h4-9,14-16H,3,10-13H2,1-2H3,(H,27,28). The summed E-state index contributed by atoms with van der Waals surface area (Å²) < 4.78 is 17.3. The molecule has 180 valence electrons. The number of amides is 2. The zero-order valence-electron chi connectivity index (χ0n) is 19.6. The predicted molar refractivity (Wildman–Crippen MR) is 131 cm³/mol. The van der Waals surface area contributed by atoms with Crippen LogP contribution in [-0.2, 0) is 4.74 Å². The zero-order valence-corrected chi connectivity index (χ0v) is 19.6. The van der Waals surface area contributed by atoms with Gasteiger partial charge < -0.3 is 29.3 Å².